The maximum atomic E-state index is 9.63. The monoisotopic (exact) mass is 339 g/mol. The van der Waals surface area contributed by atoms with Gasteiger partial charge in [-0.05, 0) is 67.0 Å². The molecule has 1 aliphatic carbocycles. The van der Waals surface area contributed by atoms with E-state index in [0.717, 1.165) is 30.5 Å². The number of aliphatic imine (C=N–C) groups is 1. The lowest BCUT2D eigenvalue weighted by atomic mass is 9.90. The highest BCUT2D eigenvalue weighted by Gasteiger charge is 2.13. The predicted molar refractivity (Wildman–Crippen MR) is 102 cm³/mol. The quantitative estimate of drug-likeness (QED) is 0.577. The molecule has 0 amide bonds. The van der Waals surface area contributed by atoms with Gasteiger partial charge in [0.05, 0.1) is 7.11 Å². The zero-order valence-electron chi connectivity index (χ0n) is 14.6. The zero-order chi connectivity index (χ0) is 17.6. The summed E-state index contributed by atoms with van der Waals surface area (Å²) in [6, 6.07) is 11.7. The molecular weight excluding hydrogens is 314 g/mol. The smallest absolute Gasteiger partial charge is 0.193 e. The lowest BCUT2D eigenvalue weighted by Crippen LogP contribution is -2.24. The van der Waals surface area contributed by atoms with E-state index in [1.165, 1.54) is 24.0 Å². The van der Waals surface area contributed by atoms with Crippen molar-refractivity contribution in [1.82, 2.24) is 0 Å². The van der Waals surface area contributed by atoms with Crippen molar-refractivity contribution >= 4 is 11.6 Å². The molecule has 0 spiro atoms. The fourth-order valence-corrected chi connectivity index (χ4v) is 3.26. The van der Waals surface area contributed by atoms with E-state index in [1.807, 2.05) is 12.1 Å². The molecule has 2 aromatic carbocycles. The number of nitrogens with two attached hydrogens (primary N) is 1. The molecule has 0 bridgehead atoms. The predicted octanol–water partition coefficient (Wildman–Crippen LogP) is 3.25. The Morgan fingerprint density at radius 1 is 1.24 bits per heavy atom. The number of guanidine groups is 1. The van der Waals surface area contributed by atoms with Gasteiger partial charge < -0.3 is 20.9 Å². The Labute approximate surface area is 148 Å². The van der Waals surface area contributed by atoms with Crippen LogP contribution in [0.5, 0.6) is 11.5 Å². The summed E-state index contributed by atoms with van der Waals surface area (Å²) in [5, 5.41) is 12.9. The molecule has 0 atom stereocenters. The second kappa shape index (κ2) is 7.92. The first-order chi connectivity index (χ1) is 12.2. The minimum atomic E-state index is 0.143. The van der Waals surface area contributed by atoms with Crippen LogP contribution in [-0.4, -0.2) is 24.7 Å². The number of nitrogens with one attached hydrogen (secondary N) is 1. The van der Waals surface area contributed by atoms with Gasteiger partial charge in [-0.25, -0.2) is 0 Å². The van der Waals surface area contributed by atoms with E-state index in [0.29, 0.717) is 18.3 Å². The van der Waals surface area contributed by atoms with E-state index in [2.05, 4.69) is 28.5 Å². The fourth-order valence-electron chi connectivity index (χ4n) is 3.26. The molecule has 0 unspecified atom stereocenters. The van der Waals surface area contributed by atoms with Crippen molar-refractivity contribution in [3.05, 3.63) is 53.1 Å². The van der Waals surface area contributed by atoms with Crippen LogP contribution < -0.4 is 15.8 Å². The summed E-state index contributed by atoms with van der Waals surface area (Å²) >= 11 is 0. The van der Waals surface area contributed by atoms with Crippen LogP contribution in [0.3, 0.4) is 0 Å². The zero-order valence-corrected chi connectivity index (χ0v) is 14.6. The number of nitrogens with zero attached hydrogens (tertiary/aromatic N) is 1. The second-order valence-corrected chi connectivity index (χ2v) is 6.30. The summed E-state index contributed by atoms with van der Waals surface area (Å²) in [6.07, 6.45) is 5.46. The molecule has 0 aromatic heterocycles. The van der Waals surface area contributed by atoms with Gasteiger partial charge >= 0.3 is 0 Å². The van der Waals surface area contributed by atoms with Crippen molar-refractivity contribution in [1.29, 1.82) is 0 Å². The minimum absolute atomic E-state index is 0.143. The van der Waals surface area contributed by atoms with E-state index < -0.39 is 0 Å². The lowest BCUT2D eigenvalue weighted by molar-refractivity contribution is 0.373. The van der Waals surface area contributed by atoms with E-state index in [-0.39, 0.29) is 5.75 Å². The van der Waals surface area contributed by atoms with Gasteiger partial charge in [-0.3, -0.25) is 4.99 Å². The number of aryl methyl sites for hydroxylation is 1. The van der Waals surface area contributed by atoms with Gasteiger partial charge in [-0.15, -0.1) is 0 Å². The van der Waals surface area contributed by atoms with Gasteiger partial charge in [0, 0.05) is 12.2 Å². The highest BCUT2D eigenvalue weighted by molar-refractivity contribution is 5.93. The van der Waals surface area contributed by atoms with Crippen LogP contribution in [0.15, 0.2) is 41.4 Å². The molecule has 0 saturated heterocycles. The van der Waals surface area contributed by atoms with E-state index in [1.54, 1.807) is 13.2 Å². The summed E-state index contributed by atoms with van der Waals surface area (Å²) in [5.41, 5.74) is 11.0. The maximum Gasteiger partial charge on any atom is 0.193 e. The van der Waals surface area contributed by atoms with Crippen LogP contribution in [0.2, 0.25) is 0 Å². The second-order valence-electron chi connectivity index (χ2n) is 6.30. The Bertz CT molecular complexity index is 772. The van der Waals surface area contributed by atoms with Gasteiger partial charge in [-0.2, -0.15) is 0 Å². The Morgan fingerprint density at radius 2 is 2.08 bits per heavy atom. The topological polar surface area (TPSA) is 79.9 Å². The molecule has 0 fully saturated rings. The molecule has 1 aliphatic rings. The molecule has 25 heavy (non-hydrogen) atoms. The van der Waals surface area contributed by atoms with Crippen LogP contribution >= 0.6 is 0 Å². The first-order valence-electron chi connectivity index (χ1n) is 8.71. The molecular formula is C20H25N3O2. The molecule has 132 valence electrons. The number of phenolic OH excluding ortho intramolecular Hbond substituents is 1. The first kappa shape index (κ1) is 17.1. The van der Waals surface area contributed by atoms with Crippen molar-refractivity contribution in [2.24, 2.45) is 10.7 Å². The summed E-state index contributed by atoms with van der Waals surface area (Å²) in [6.45, 7) is 0.571. The number of aromatic hydroxyl groups is 1. The van der Waals surface area contributed by atoms with Crippen LogP contribution in [0.1, 0.15) is 29.5 Å². The third kappa shape index (κ3) is 4.24. The summed E-state index contributed by atoms with van der Waals surface area (Å²) in [5.74, 6) is 1.05. The highest BCUT2D eigenvalue weighted by Crippen LogP contribution is 2.28. The standard InChI is InChI=1S/C20H25N3O2/c1-25-19-13-14(9-10-18(19)24)11-12-22-20(21)23-17-8-4-6-15-5-2-3-7-16(15)17/h4,6,8-10,13,24H,2-3,5,7,11-12H2,1H3,(H3,21,22,23). The number of fused-ring (bicyclic) bond motifs is 1. The number of rotatable bonds is 5. The van der Waals surface area contributed by atoms with E-state index in [9.17, 15) is 5.11 Å². The van der Waals surface area contributed by atoms with Gasteiger partial charge in [-0.1, -0.05) is 18.2 Å². The summed E-state index contributed by atoms with van der Waals surface area (Å²) < 4.78 is 5.12. The number of ether oxygens (including phenoxy) is 1. The van der Waals surface area contributed by atoms with E-state index in [4.69, 9.17) is 10.5 Å². The maximum absolute atomic E-state index is 9.63. The van der Waals surface area contributed by atoms with Crippen molar-refractivity contribution < 1.29 is 9.84 Å². The normalized spacial score (nSPS) is 14.0. The molecule has 4 N–H and O–H groups in total. The lowest BCUT2D eigenvalue weighted by Gasteiger charge is -2.19. The first-order valence-corrected chi connectivity index (χ1v) is 8.71. The summed E-state index contributed by atoms with van der Waals surface area (Å²) in [7, 11) is 1.54. The number of phenols is 1. The molecule has 0 saturated carbocycles. The van der Waals surface area contributed by atoms with Crippen molar-refractivity contribution in [2.45, 2.75) is 32.1 Å². The van der Waals surface area contributed by atoms with Crippen LogP contribution in [0.25, 0.3) is 0 Å². The number of hydrogen-bond acceptors (Lipinski definition) is 3. The average Bonchev–Trinajstić information content (AvgIpc) is 2.63. The Hall–Kier alpha value is -2.69. The highest BCUT2D eigenvalue weighted by atomic mass is 16.5. The third-order valence-corrected chi connectivity index (χ3v) is 4.59. The Kier molecular flexibility index (Phi) is 5.43. The molecule has 5 heteroatoms. The average molecular weight is 339 g/mol. The molecule has 3 rings (SSSR count). The van der Waals surface area contributed by atoms with Gasteiger partial charge in [0.25, 0.3) is 0 Å². The minimum Gasteiger partial charge on any atom is -0.504 e. The molecule has 5 nitrogen and oxygen atoms in total. The number of hydrogen-bond donors (Lipinski definition) is 3. The van der Waals surface area contributed by atoms with Gasteiger partial charge in [0.15, 0.2) is 17.5 Å². The van der Waals surface area contributed by atoms with Gasteiger partial charge in [0.2, 0.25) is 0 Å². The number of benzene rings is 2. The Morgan fingerprint density at radius 3 is 2.92 bits per heavy atom. The van der Waals surface area contributed by atoms with Crippen LogP contribution in [-0.2, 0) is 19.3 Å². The Balaban J connectivity index is 1.61. The molecule has 0 aliphatic heterocycles. The van der Waals surface area contributed by atoms with Crippen LogP contribution in [0.4, 0.5) is 5.69 Å². The van der Waals surface area contributed by atoms with Crippen molar-refractivity contribution in [2.75, 3.05) is 19.0 Å². The van der Waals surface area contributed by atoms with E-state index >= 15 is 0 Å². The number of anilines is 1. The summed E-state index contributed by atoms with van der Waals surface area (Å²) in [4.78, 5) is 4.42. The third-order valence-electron chi connectivity index (χ3n) is 4.59. The number of methoxy groups -OCH3 is 1. The van der Waals surface area contributed by atoms with Crippen molar-refractivity contribution in [3.63, 3.8) is 0 Å². The fraction of sp³-hybridized carbons (Fsp3) is 0.350. The van der Waals surface area contributed by atoms with Crippen molar-refractivity contribution in [3.8, 4) is 11.5 Å². The SMILES string of the molecule is COc1cc(CCN=C(N)Nc2cccc3c2CCCC3)ccc1O. The van der Waals surface area contributed by atoms with Crippen LogP contribution in [0, 0.1) is 0 Å². The molecule has 2 aromatic rings. The largest absolute Gasteiger partial charge is 0.504 e. The molecule has 0 radical (unpaired) electrons. The molecule has 0 heterocycles. The van der Waals surface area contributed by atoms with Gasteiger partial charge in [0.1, 0.15) is 0 Å².